The molecule has 3 amide bonds. The van der Waals surface area contributed by atoms with Gasteiger partial charge >= 0.3 is 12.6 Å². The summed E-state index contributed by atoms with van der Waals surface area (Å²) in [7, 11) is 0. The Bertz CT molecular complexity index is 529. The van der Waals surface area contributed by atoms with Crippen molar-refractivity contribution in [2.45, 2.75) is 20.0 Å². The average molecular weight is 336 g/mol. The molecule has 0 unspecified atom stereocenters. The number of halogens is 3. The van der Waals surface area contributed by atoms with Crippen molar-refractivity contribution in [3.63, 3.8) is 0 Å². The Labute approximate surface area is 131 Å². The number of anilines is 1. The van der Waals surface area contributed by atoms with Crippen molar-refractivity contribution in [3.8, 4) is 5.75 Å². The SMILES string of the molecule is CCCNC(=O)NC(=O)CNc1ccc(OC(F)F)c(Cl)c1. The van der Waals surface area contributed by atoms with Gasteiger partial charge in [-0.3, -0.25) is 10.1 Å². The molecule has 0 heterocycles. The minimum Gasteiger partial charge on any atom is -0.433 e. The fourth-order valence-electron chi connectivity index (χ4n) is 1.44. The molecule has 0 radical (unpaired) electrons. The van der Waals surface area contributed by atoms with Gasteiger partial charge in [-0.25, -0.2) is 4.79 Å². The van der Waals surface area contributed by atoms with Crippen LogP contribution in [-0.2, 0) is 4.79 Å². The molecule has 1 aromatic carbocycles. The first kappa shape index (κ1) is 18.0. The molecule has 0 saturated heterocycles. The van der Waals surface area contributed by atoms with E-state index in [1.54, 1.807) is 0 Å². The van der Waals surface area contributed by atoms with Crippen LogP contribution >= 0.6 is 11.6 Å². The summed E-state index contributed by atoms with van der Waals surface area (Å²) in [4.78, 5) is 22.7. The molecular formula is C13H16ClF2N3O3. The summed E-state index contributed by atoms with van der Waals surface area (Å²) in [5, 5.41) is 7.30. The Kier molecular flexibility index (Phi) is 7.38. The highest BCUT2D eigenvalue weighted by Gasteiger charge is 2.10. The van der Waals surface area contributed by atoms with Crippen LogP contribution in [0.15, 0.2) is 18.2 Å². The van der Waals surface area contributed by atoms with Gasteiger partial charge in [-0.15, -0.1) is 0 Å². The summed E-state index contributed by atoms with van der Waals surface area (Å²) < 4.78 is 28.3. The number of nitrogens with one attached hydrogen (secondary N) is 3. The van der Waals surface area contributed by atoms with E-state index in [-0.39, 0.29) is 17.3 Å². The van der Waals surface area contributed by atoms with Gasteiger partial charge in [0.1, 0.15) is 5.75 Å². The lowest BCUT2D eigenvalue weighted by molar-refractivity contribution is -0.118. The molecular weight excluding hydrogens is 320 g/mol. The van der Waals surface area contributed by atoms with Crippen LogP contribution in [0.4, 0.5) is 19.3 Å². The number of imide groups is 1. The molecule has 0 saturated carbocycles. The molecule has 3 N–H and O–H groups in total. The van der Waals surface area contributed by atoms with Crippen LogP contribution < -0.4 is 20.7 Å². The van der Waals surface area contributed by atoms with E-state index in [1.807, 2.05) is 6.92 Å². The third-order valence-electron chi connectivity index (χ3n) is 2.39. The molecule has 0 spiro atoms. The second kappa shape index (κ2) is 9.04. The first-order valence-corrected chi connectivity index (χ1v) is 6.86. The lowest BCUT2D eigenvalue weighted by Gasteiger charge is -2.10. The molecule has 22 heavy (non-hydrogen) atoms. The fraction of sp³-hybridized carbons (Fsp3) is 0.385. The standard InChI is InChI=1S/C13H16ClF2N3O3/c1-2-5-17-13(21)19-11(20)7-18-8-3-4-10(9(14)6-8)22-12(15)16/h3-4,6,12,18H,2,5,7H2,1H3,(H2,17,19,20,21). The summed E-state index contributed by atoms with van der Waals surface area (Å²) in [6.07, 6.45) is 0.755. The lowest BCUT2D eigenvalue weighted by Crippen LogP contribution is -2.42. The van der Waals surface area contributed by atoms with Crippen molar-refractivity contribution < 1.29 is 23.1 Å². The second-order valence-corrected chi connectivity index (χ2v) is 4.59. The third-order valence-corrected chi connectivity index (χ3v) is 2.68. The first-order chi connectivity index (χ1) is 10.4. The van der Waals surface area contributed by atoms with Gasteiger partial charge in [-0.2, -0.15) is 8.78 Å². The van der Waals surface area contributed by atoms with Crippen LogP contribution in [0.25, 0.3) is 0 Å². The zero-order chi connectivity index (χ0) is 16.5. The average Bonchev–Trinajstić information content (AvgIpc) is 2.45. The molecule has 0 aromatic heterocycles. The van der Waals surface area contributed by atoms with Crippen molar-refractivity contribution >= 4 is 29.2 Å². The predicted octanol–water partition coefficient (Wildman–Crippen LogP) is 2.59. The van der Waals surface area contributed by atoms with Crippen LogP contribution in [0.3, 0.4) is 0 Å². The van der Waals surface area contributed by atoms with E-state index in [0.29, 0.717) is 12.2 Å². The Morgan fingerprint density at radius 2 is 2.09 bits per heavy atom. The number of ether oxygens (including phenoxy) is 1. The van der Waals surface area contributed by atoms with Crippen molar-refractivity contribution in [1.82, 2.24) is 10.6 Å². The summed E-state index contributed by atoms with van der Waals surface area (Å²) >= 11 is 5.77. The summed E-state index contributed by atoms with van der Waals surface area (Å²) in [5.74, 6) is -0.705. The van der Waals surface area contributed by atoms with Gasteiger partial charge < -0.3 is 15.4 Å². The number of carbonyl (C=O) groups excluding carboxylic acids is 2. The topological polar surface area (TPSA) is 79.5 Å². The molecule has 1 aromatic rings. The fourth-order valence-corrected chi connectivity index (χ4v) is 1.66. The van der Waals surface area contributed by atoms with Crippen molar-refractivity contribution in [3.05, 3.63) is 23.2 Å². The minimum atomic E-state index is -2.97. The van der Waals surface area contributed by atoms with Crippen LogP contribution in [0.5, 0.6) is 5.75 Å². The van der Waals surface area contributed by atoms with Gasteiger partial charge in [0, 0.05) is 12.2 Å². The van der Waals surface area contributed by atoms with E-state index < -0.39 is 18.5 Å². The van der Waals surface area contributed by atoms with E-state index in [1.165, 1.54) is 18.2 Å². The van der Waals surface area contributed by atoms with Gasteiger partial charge in [0.25, 0.3) is 0 Å². The molecule has 1 rings (SSSR count). The molecule has 9 heteroatoms. The van der Waals surface area contributed by atoms with Crippen LogP contribution in [0.2, 0.25) is 5.02 Å². The zero-order valence-corrected chi connectivity index (χ0v) is 12.5. The number of carbonyl (C=O) groups is 2. The minimum absolute atomic E-state index is 0.0219. The Morgan fingerprint density at radius 1 is 1.36 bits per heavy atom. The maximum Gasteiger partial charge on any atom is 0.387 e. The number of benzene rings is 1. The highest BCUT2D eigenvalue weighted by atomic mass is 35.5. The molecule has 0 aliphatic rings. The van der Waals surface area contributed by atoms with Crippen molar-refractivity contribution in [2.75, 3.05) is 18.4 Å². The second-order valence-electron chi connectivity index (χ2n) is 4.18. The van der Waals surface area contributed by atoms with Crippen LogP contribution in [0, 0.1) is 0 Å². The van der Waals surface area contributed by atoms with Gasteiger partial charge in [-0.05, 0) is 24.6 Å². The number of hydrogen-bond donors (Lipinski definition) is 3. The summed E-state index contributed by atoms with van der Waals surface area (Å²) in [6.45, 7) is -0.795. The number of rotatable bonds is 7. The zero-order valence-electron chi connectivity index (χ0n) is 11.8. The van der Waals surface area contributed by atoms with Gasteiger partial charge in [0.2, 0.25) is 5.91 Å². The van der Waals surface area contributed by atoms with E-state index in [9.17, 15) is 18.4 Å². The number of hydrogen-bond acceptors (Lipinski definition) is 4. The smallest absolute Gasteiger partial charge is 0.387 e. The largest absolute Gasteiger partial charge is 0.433 e. The van der Waals surface area contributed by atoms with Gasteiger partial charge in [0.15, 0.2) is 0 Å². The number of alkyl halides is 2. The first-order valence-electron chi connectivity index (χ1n) is 6.48. The van der Waals surface area contributed by atoms with Gasteiger partial charge in [-0.1, -0.05) is 18.5 Å². The van der Waals surface area contributed by atoms with Crippen molar-refractivity contribution in [2.24, 2.45) is 0 Å². The Balaban J connectivity index is 2.46. The lowest BCUT2D eigenvalue weighted by atomic mass is 10.3. The maximum atomic E-state index is 12.1. The highest BCUT2D eigenvalue weighted by molar-refractivity contribution is 6.32. The quantitative estimate of drug-likeness (QED) is 0.715. The molecule has 122 valence electrons. The molecule has 0 bridgehead atoms. The van der Waals surface area contributed by atoms with Crippen LogP contribution in [-0.4, -0.2) is 31.6 Å². The monoisotopic (exact) mass is 335 g/mol. The molecule has 0 aliphatic carbocycles. The summed E-state index contributed by atoms with van der Waals surface area (Å²) in [5.41, 5.74) is 0.427. The Morgan fingerprint density at radius 3 is 2.68 bits per heavy atom. The van der Waals surface area contributed by atoms with Crippen LogP contribution in [0.1, 0.15) is 13.3 Å². The Hall–Kier alpha value is -2.09. The maximum absolute atomic E-state index is 12.1. The molecule has 0 fully saturated rings. The van der Waals surface area contributed by atoms with Gasteiger partial charge in [0.05, 0.1) is 11.6 Å². The molecule has 6 nitrogen and oxygen atoms in total. The molecule has 0 atom stereocenters. The third kappa shape index (κ3) is 6.57. The van der Waals surface area contributed by atoms with E-state index in [4.69, 9.17) is 11.6 Å². The highest BCUT2D eigenvalue weighted by Crippen LogP contribution is 2.28. The van der Waals surface area contributed by atoms with E-state index >= 15 is 0 Å². The predicted molar refractivity (Wildman–Crippen MR) is 78.4 cm³/mol. The summed E-state index contributed by atoms with van der Waals surface area (Å²) in [6, 6.07) is 3.44. The van der Waals surface area contributed by atoms with E-state index in [2.05, 4.69) is 20.7 Å². The number of amides is 3. The van der Waals surface area contributed by atoms with Crippen molar-refractivity contribution in [1.29, 1.82) is 0 Å². The normalized spacial score (nSPS) is 10.2. The molecule has 0 aliphatic heterocycles. The number of urea groups is 1. The van der Waals surface area contributed by atoms with E-state index in [0.717, 1.165) is 6.42 Å².